The highest BCUT2D eigenvalue weighted by Crippen LogP contribution is 2.31. The molecule has 0 aliphatic heterocycles. The van der Waals surface area contributed by atoms with E-state index in [-0.39, 0.29) is 12.0 Å². The van der Waals surface area contributed by atoms with Crippen molar-refractivity contribution in [3.8, 4) is 0 Å². The van der Waals surface area contributed by atoms with E-state index in [4.69, 9.17) is 0 Å². The number of rotatable bonds is 2. The first kappa shape index (κ1) is 13.0. The van der Waals surface area contributed by atoms with Crippen LogP contribution in [-0.4, -0.2) is 10.7 Å². The molecule has 0 bridgehead atoms. The quantitative estimate of drug-likeness (QED) is 0.782. The number of benzene rings is 1. The first-order valence-corrected chi connectivity index (χ1v) is 4.67. The highest BCUT2D eigenvalue weighted by Gasteiger charge is 2.31. The molecule has 5 heteroatoms. The van der Waals surface area contributed by atoms with E-state index in [1.165, 1.54) is 13.8 Å². The first-order valence-electron chi connectivity index (χ1n) is 4.67. The zero-order valence-corrected chi connectivity index (χ0v) is 8.90. The monoisotopic (exact) mass is 236 g/mol. The van der Waals surface area contributed by atoms with Gasteiger partial charge in [0.1, 0.15) is 5.82 Å². The van der Waals surface area contributed by atoms with Crippen LogP contribution >= 0.6 is 0 Å². The van der Waals surface area contributed by atoms with Gasteiger partial charge >= 0.3 is 6.18 Å². The van der Waals surface area contributed by atoms with E-state index >= 15 is 0 Å². The number of hydrogen-bond acceptors (Lipinski definition) is 1. The van der Waals surface area contributed by atoms with Gasteiger partial charge in [0.05, 0.1) is 11.2 Å². The van der Waals surface area contributed by atoms with Gasteiger partial charge in [-0.3, -0.25) is 0 Å². The van der Waals surface area contributed by atoms with Crippen LogP contribution in [0.3, 0.4) is 0 Å². The van der Waals surface area contributed by atoms with Crippen molar-refractivity contribution in [1.29, 1.82) is 0 Å². The van der Waals surface area contributed by atoms with Crippen molar-refractivity contribution < 1.29 is 22.7 Å². The topological polar surface area (TPSA) is 20.2 Å². The summed E-state index contributed by atoms with van der Waals surface area (Å²) in [6, 6.07) is 2.28. The molecule has 90 valence electrons. The third-order valence-corrected chi connectivity index (χ3v) is 1.92. The van der Waals surface area contributed by atoms with E-state index in [0.29, 0.717) is 6.07 Å². The third kappa shape index (κ3) is 3.81. The lowest BCUT2D eigenvalue weighted by Crippen LogP contribution is -2.22. The summed E-state index contributed by atoms with van der Waals surface area (Å²) in [6.45, 7) is 2.90. The number of halogens is 4. The van der Waals surface area contributed by atoms with Gasteiger partial charge < -0.3 is 5.11 Å². The van der Waals surface area contributed by atoms with Crippen LogP contribution in [0.5, 0.6) is 0 Å². The lowest BCUT2D eigenvalue weighted by molar-refractivity contribution is -0.137. The molecule has 0 aromatic heterocycles. The fourth-order valence-electron chi connectivity index (χ4n) is 1.42. The number of alkyl halides is 3. The first-order chi connectivity index (χ1) is 7.08. The van der Waals surface area contributed by atoms with Gasteiger partial charge in [0, 0.05) is 6.42 Å². The lowest BCUT2D eigenvalue weighted by Gasteiger charge is -2.18. The van der Waals surface area contributed by atoms with E-state index in [2.05, 4.69) is 0 Å². The zero-order chi connectivity index (χ0) is 12.6. The largest absolute Gasteiger partial charge is 0.416 e. The maximum absolute atomic E-state index is 13.0. The fourth-order valence-corrected chi connectivity index (χ4v) is 1.42. The Balaban J connectivity index is 3.09. The highest BCUT2D eigenvalue weighted by atomic mass is 19.4. The molecule has 0 aliphatic rings. The smallest absolute Gasteiger partial charge is 0.390 e. The molecule has 0 heterocycles. The molecule has 0 radical (unpaired) electrons. The van der Waals surface area contributed by atoms with Crippen molar-refractivity contribution in [2.75, 3.05) is 0 Å². The maximum Gasteiger partial charge on any atom is 0.416 e. The minimum absolute atomic E-state index is 0.0339. The average molecular weight is 236 g/mol. The van der Waals surface area contributed by atoms with Crippen molar-refractivity contribution in [2.24, 2.45) is 0 Å². The average Bonchev–Trinajstić information content (AvgIpc) is 1.97. The Labute approximate surface area is 90.7 Å². The molecule has 16 heavy (non-hydrogen) atoms. The predicted molar refractivity (Wildman–Crippen MR) is 51.4 cm³/mol. The van der Waals surface area contributed by atoms with Gasteiger partial charge in [0.2, 0.25) is 0 Å². The normalized spacial score (nSPS) is 12.9. The Kier molecular flexibility index (Phi) is 3.28. The Hall–Kier alpha value is -1.10. The second-order valence-electron chi connectivity index (χ2n) is 4.34. The van der Waals surface area contributed by atoms with Crippen LogP contribution in [0, 0.1) is 5.82 Å². The standard InChI is InChI=1S/C11H12F4O/c1-10(2,16)6-7-3-8(11(13,14)15)5-9(12)4-7/h3-5,16H,6H2,1-2H3. The molecule has 0 atom stereocenters. The summed E-state index contributed by atoms with van der Waals surface area (Å²) in [5.74, 6) is -0.950. The van der Waals surface area contributed by atoms with Gasteiger partial charge in [-0.2, -0.15) is 13.2 Å². The second-order valence-corrected chi connectivity index (χ2v) is 4.34. The number of aliphatic hydroxyl groups is 1. The Bertz CT molecular complexity index is 377. The Morgan fingerprint density at radius 1 is 1.12 bits per heavy atom. The Morgan fingerprint density at radius 3 is 2.12 bits per heavy atom. The summed E-state index contributed by atoms with van der Waals surface area (Å²) < 4.78 is 50.0. The molecule has 0 amide bonds. The molecular weight excluding hydrogens is 224 g/mol. The molecular formula is C11H12F4O. The van der Waals surface area contributed by atoms with Crippen LogP contribution in [0.1, 0.15) is 25.0 Å². The predicted octanol–water partition coefficient (Wildman–Crippen LogP) is 3.16. The lowest BCUT2D eigenvalue weighted by atomic mass is 9.97. The van der Waals surface area contributed by atoms with Gasteiger partial charge in [0.15, 0.2) is 0 Å². The van der Waals surface area contributed by atoms with Gasteiger partial charge in [-0.05, 0) is 37.6 Å². The summed E-state index contributed by atoms with van der Waals surface area (Å²) in [4.78, 5) is 0. The van der Waals surface area contributed by atoms with Crippen LogP contribution in [0.25, 0.3) is 0 Å². The highest BCUT2D eigenvalue weighted by molar-refractivity contribution is 5.27. The molecule has 0 aliphatic carbocycles. The minimum atomic E-state index is -4.57. The van der Waals surface area contributed by atoms with E-state index in [1.807, 2.05) is 0 Å². The van der Waals surface area contributed by atoms with Crippen molar-refractivity contribution in [3.05, 3.63) is 35.1 Å². The molecule has 1 aromatic carbocycles. The van der Waals surface area contributed by atoms with Gasteiger partial charge in [0.25, 0.3) is 0 Å². The van der Waals surface area contributed by atoms with E-state index in [1.54, 1.807) is 0 Å². The molecule has 0 spiro atoms. The minimum Gasteiger partial charge on any atom is -0.390 e. The fraction of sp³-hybridized carbons (Fsp3) is 0.455. The van der Waals surface area contributed by atoms with Crippen LogP contribution in [0.15, 0.2) is 18.2 Å². The van der Waals surface area contributed by atoms with Crippen molar-refractivity contribution in [1.82, 2.24) is 0 Å². The van der Waals surface area contributed by atoms with Crippen LogP contribution in [0.2, 0.25) is 0 Å². The van der Waals surface area contributed by atoms with Crippen molar-refractivity contribution in [2.45, 2.75) is 32.0 Å². The van der Waals surface area contributed by atoms with Crippen LogP contribution < -0.4 is 0 Å². The molecule has 1 aromatic rings. The number of hydrogen-bond donors (Lipinski definition) is 1. The zero-order valence-electron chi connectivity index (χ0n) is 8.90. The second kappa shape index (κ2) is 4.05. The molecule has 1 N–H and O–H groups in total. The van der Waals surface area contributed by atoms with Gasteiger partial charge in [-0.25, -0.2) is 4.39 Å². The van der Waals surface area contributed by atoms with Crippen molar-refractivity contribution >= 4 is 0 Å². The van der Waals surface area contributed by atoms with E-state index in [9.17, 15) is 22.7 Å². The molecule has 0 saturated heterocycles. The van der Waals surface area contributed by atoms with Gasteiger partial charge in [-0.15, -0.1) is 0 Å². The van der Waals surface area contributed by atoms with E-state index in [0.717, 1.165) is 12.1 Å². The summed E-state index contributed by atoms with van der Waals surface area (Å²) in [5, 5.41) is 9.45. The molecule has 0 fully saturated rings. The molecule has 0 saturated carbocycles. The summed E-state index contributed by atoms with van der Waals surface area (Å²) >= 11 is 0. The van der Waals surface area contributed by atoms with Crippen LogP contribution in [0.4, 0.5) is 17.6 Å². The summed E-state index contributed by atoms with van der Waals surface area (Å²) in [7, 11) is 0. The maximum atomic E-state index is 13.0. The summed E-state index contributed by atoms with van der Waals surface area (Å²) in [5.41, 5.74) is -2.08. The van der Waals surface area contributed by atoms with Gasteiger partial charge in [-0.1, -0.05) is 0 Å². The van der Waals surface area contributed by atoms with E-state index < -0.39 is 23.2 Å². The Morgan fingerprint density at radius 2 is 1.69 bits per heavy atom. The molecule has 0 unspecified atom stereocenters. The molecule has 1 nitrogen and oxygen atoms in total. The third-order valence-electron chi connectivity index (χ3n) is 1.92. The van der Waals surface area contributed by atoms with Crippen molar-refractivity contribution in [3.63, 3.8) is 0 Å². The SMILES string of the molecule is CC(C)(O)Cc1cc(F)cc(C(F)(F)F)c1. The van der Waals surface area contributed by atoms with Crippen LogP contribution in [-0.2, 0) is 12.6 Å². The molecule has 1 rings (SSSR count). The summed E-state index contributed by atoms with van der Waals surface area (Å²) in [6.07, 6.45) is -4.61.